The van der Waals surface area contributed by atoms with Gasteiger partial charge in [-0.05, 0) is 25.7 Å². The number of halogens is 1. The SMILES string of the molecule is CC(C)n1cc(CN2CCC(N)C(C)(C)C2)cn1.Cl. The molecule has 1 fully saturated rings. The Labute approximate surface area is 122 Å². The maximum absolute atomic E-state index is 6.17. The van der Waals surface area contributed by atoms with Gasteiger partial charge in [0.1, 0.15) is 0 Å². The van der Waals surface area contributed by atoms with Gasteiger partial charge in [0.25, 0.3) is 0 Å². The van der Waals surface area contributed by atoms with Crippen molar-refractivity contribution in [2.75, 3.05) is 13.1 Å². The fraction of sp³-hybridized carbons (Fsp3) is 0.786. The maximum Gasteiger partial charge on any atom is 0.0534 e. The van der Waals surface area contributed by atoms with Crippen LogP contribution in [0.5, 0.6) is 0 Å². The van der Waals surface area contributed by atoms with Crippen LogP contribution in [0.4, 0.5) is 0 Å². The highest BCUT2D eigenvalue weighted by Gasteiger charge is 2.33. The average Bonchev–Trinajstić information content (AvgIpc) is 2.72. The van der Waals surface area contributed by atoms with Crippen molar-refractivity contribution in [3.63, 3.8) is 0 Å². The molecule has 0 bridgehead atoms. The van der Waals surface area contributed by atoms with Crippen LogP contribution in [0.2, 0.25) is 0 Å². The van der Waals surface area contributed by atoms with Crippen LogP contribution in [-0.2, 0) is 6.54 Å². The minimum Gasteiger partial charge on any atom is -0.327 e. The molecule has 0 amide bonds. The van der Waals surface area contributed by atoms with Crippen molar-refractivity contribution < 1.29 is 0 Å². The molecule has 0 saturated carbocycles. The second-order valence-electron chi connectivity index (χ2n) is 6.52. The number of nitrogens with zero attached hydrogens (tertiary/aromatic N) is 3. The molecule has 110 valence electrons. The molecule has 1 unspecified atom stereocenters. The van der Waals surface area contributed by atoms with Crippen molar-refractivity contribution in [3.05, 3.63) is 18.0 Å². The van der Waals surface area contributed by atoms with Crippen molar-refractivity contribution >= 4 is 12.4 Å². The lowest BCUT2D eigenvalue weighted by Crippen LogP contribution is -2.51. The topological polar surface area (TPSA) is 47.1 Å². The van der Waals surface area contributed by atoms with Crippen LogP contribution in [0.25, 0.3) is 0 Å². The molecule has 1 atom stereocenters. The van der Waals surface area contributed by atoms with Crippen molar-refractivity contribution in [1.29, 1.82) is 0 Å². The molecule has 1 aliphatic rings. The molecule has 5 heteroatoms. The molecule has 1 aromatic rings. The molecule has 0 aromatic carbocycles. The number of aromatic nitrogens is 2. The molecule has 0 aliphatic carbocycles. The second kappa shape index (κ2) is 6.25. The van der Waals surface area contributed by atoms with Crippen molar-refractivity contribution in [2.24, 2.45) is 11.1 Å². The summed E-state index contributed by atoms with van der Waals surface area (Å²) in [5.74, 6) is 0. The smallest absolute Gasteiger partial charge is 0.0534 e. The van der Waals surface area contributed by atoms with E-state index in [0.717, 1.165) is 26.1 Å². The Hall–Kier alpha value is -0.580. The van der Waals surface area contributed by atoms with Gasteiger partial charge in [0.05, 0.1) is 6.20 Å². The summed E-state index contributed by atoms with van der Waals surface area (Å²) in [6.07, 6.45) is 5.24. The highest BCUT2D eigenvalue weighted by Crippen LogP contribution is 2.28. The first-order valence-electron chi connectivity index (χ1n) is 6.89. The van der Waals surface area contributed by atoms with E-state index < -0.39 is 0 Å². The van der Waals surface area contributed by atoms with Crippen LogP contribution < -0.4 is 5.73 Å². The van der Waals surface area contributed by atoms with E-state index >= 15 is 0 Å². The van der Waals surface area contributed by atoms with Crippen LogP contribution in [0.1, 0.15) is 45.7 Å². The Balaban J connectivity index is 0.00000180. The van der Waals surface area contributed by atoms with Crippen LogP contribution in [0.3, 0.4) is 0 Å². The third-order valence-electron chi connectivity index (χ3n) is 3.98. The van der Waals surface area contributed by atoms with E-state index in [0.29, 0.717) is 12.1 Å². The zero-order chi connectivity index (χ0) is 13.3. The minimum atomic E-state index is 0. The highest BCUT2D eigenvalue weighted by atomic mass is 35.5. The molecule has 2 rings (SSSR count). The first-order chi connectivity index (χ1) is 8.38. The standard InChI is InChI=1S/C14H26N4.ClH/c1-11(2)18-9-12(7-16-18)8-17-6-5-13(15)14(3,4)10-17;/h7,9,11,13H,5-6,8,10,15H2,1-4H3;1H. The summed E-state index contributed by atoms with van der Waals surface area (Å²) in [5, 5.41) is 4.40. The summed E-state index contributed by atoms with van der Waals surface area (Å²) in [6.45, 7) is 12.0. The summed E-state index contributed by atoms with van der Waals surface area (Å²) in [6, 6.07) is 0.761. The monoisotopic (exact) mass is 286 g/mol. The van der Waals surface area contributed by atoms with E-state index in [4.69, 9.17) is 5.73 Å². The van der Waals surface area contributed by atoms with E-state index in [1.165, 1.54) is 5.56 Å². The van der Waals surface area contributed by atoms with Crippen LogP contribution in [-0.4, -0.2) is 33.8 Å². The van der Waals surface area contributed by atoms with Gasteiger partial charge in [-0.15, -0.1) is 12.4 Å². The number of piperidine rings is 1. The quantitative estimate of drug-likeness (QED) is 0.928. The third-order valence-corrected chi connectivity index (χ3v) is 3.98. The number of hydrogen-bond acceptors (Lipinski definition) is 3. The van der Waals surface area contributed by atoms with E-state index in [-0.39, 0.29) is 17.8 Å². The van der Waals surface area contributed by atoms with E-state index in [1.54, 1.807) is 0 Å². The molecule has 1 aromatic heterocycles. The van der Waals surface area contributed by atoms with Gasteiger partial charge >= 0.3 is 0 Å². The predicted octanol–water partition coefficient (Wildman–Crippen LogP) is 2.45. The van der Waals surface area contributed by atoms with E-state index in [2.05, 4.69) is 43.9 Å². The summed E-state index contributed by atoms with van der Waals surface area (Å²) in [7, 11) is 0. The Kier molecular flexibility index (Phi) is 5.42. The first kappa shape index (κ1) is 16.5. The van der Waals surface area contributed by atoms with Crippen LogP contribution in [0, 0.1) is 5.41 Å². The molecule has 0 spiro atoms. The van der Waals surface area contributed by atoms with E-state index in [9.17, 15) is 0 Å². The number of nitrogens with two attached hydrogens (primary N) is 1. The predicted molar refractivity (Wildman–Crippen MR) is 81.5 cm³/mol. The van der Waals surface area contributed by atoms with Gasteiger partial charge in [0, 0.05) is 43.5 Å². The summed E-state index contributed by atoms with van der Waals surface area (Å²) in [4.78, 5) is 2.49. The molecule has 2 heterocycles. The van der Waals surface area contributed by atoms with Crippen LogP contribution in [0.15, 0.2) is 12.4 Å². The van der Waals surface area contributed by atoms with Crippen LogP contribution >= 0.6 is 12.4 Å². The Morgan fingerprint density at radius 1 is 1.47 bits per heavy atom. The molecular weight excluding hydrogens is 260 g/mol. The molecule has 4 nitrogen and oxygen atoms in total. The maximum atomic E-state index is 6.17. The normalized spacial score (nSPS) is 23.4. The lowest BCUT2D eigenvalue weighted by atomic mass is 9.79. The van der Waals surface area contributed by atoms with Gasteiger partial charge < -0.3 is 5.73 Å². The molecule has 1 saturated heterocycles. The fourth-order valence-electron chi connectivity index (χ4n) is 2.62. The van der Waals surface area contributed by atoms with Gasteiger partial charge in [0.15, 0.2) is 0 Å². The van der Waals surface area contributed by atoms with E-state index in [1.807, 2.05) is 10.9 Å². The minimum absolute atomic E-state index is 0. The van der Waals surface area contributed by atoms with Crippen molar-refractivity contribution in [3.8, 4) is 0 Å². The Morgan fingerprint density at radius 3 is 2.68 bits per heavy atom. The summed E-state index contributed by atoms with van der Waals surface area (Å²) < 4.78 is 2.02. The Bertz CT molecular complexity index is 400. The summed E-state index contributed by atoms with van der Waals surface area (Å²) in [5.41, 5.74) is 7.68. The van der Waals surface area contributed by atoms with Gasteiger partial charge in [0.2, 0.25) is 0 Å². The zero-order valence-electron chi connectivity index (χ0n) is 12.5. The molecule has 19 heavy (non-hydrogen) atoms. The lowest BCUT2D eigenvalue weighted by Gasteiger charge is -2.42. The van der Waals surface area contributed by atoms with Crippen molar-refractivity contribution in [1.82, 2.24) is 14.7 Å². The second-order valence-corrected chi connectivity index (χ2v) is 6.52. The zero-order valence-corrected chi connectivity index (χ0v) is 13.3. The molecular formula is C14H27ClN4. The van der Waals surface area contributed by atoms with Gasteiger partial charge in [-0.3, -0.25) is 9.58 Å². The van der Waals surface area contributed by atoms with Crippen molar-refractivity contribution in [2.45, 2.75) is 52.7 Å². The number of hydrogen-bond donors (Lipinski definition) is 1. The molecule has 1 aliphatic heterocycles. The highest BCUT2D eigenvalue weighted by molar-refractivity contribution is 5.85. The van der Waals surface area contributed by atoms with Gasteiger partial charge in [-0.1, -0.05) is 13.8 Å². The largest absolute Gasteiger partial charge is 0.327 e. The molecule has 0 radical (unpaired) electrons. The summed E-state index contributed by atoms with van der Waals surface area (Å²) >= 11 is 0. The third kappa shape index (κ3) is 3.94. The fourth-order valence-corrected chi connectivity index (χ4v) is 2.62. The number of likely N-dealkylation sites (tertiary alicyclic amines) is 1. The number of rotatable bonds is 3. The van der Waals surface area contributed by atoms with Gasteiger partial charge in [-0.25, -0.2) is 0 Å². The lowest BCUT2D eigenvalue weighted by molar-refractivity contribution is 0.0898. The Morgan fingerprint density at radius 2 is 2.16 bits per heavy atom. The molecule has 2 N–H and O–H groups in total. The van der Waals surface area contributed by atoms with Gasteiger partial charge in [-0.2, -0.15) is 5.10 Å². The average molecular weight is 287 g/mol. The first-order valence-corrected chi connectivity index (χ1v) is 6.89.